The monoisotopic (exact) mass is 390 g/mol. The van der Waals surface area contributed by atoms with Crippen molar-refractivity contribution in [1.29, 1.82) is 0 Å². The van der Waals surface area contributed by atoms with Crippen molar-refractivity contribution in [3.63, 3.8) is 0 Å². The molecule has 1 aromatic heterocycles. The molecule has 1 unspecified atom stereocenters. The third-order valence-corrected chi connectivity index (χ3v) is 4.97. The summed E-state index contributed by atoms with van der Waals surface area (Å²) in [6, 6.07) is 17.3. The van der Waals surface area contributed by atoms with Gasteiger partial charge in [0.05, 0.1) is 5.92 Å². The van der Waals surface area contributed by atoms with Crippen LogP contribution in [0.3, 0.4) is 0 Å². The zero-order chi connectivity index (χ0) is 20.1. The molecule has 1 aliphatic heterocycles. The van der Waals surface area contributed by atoms with E-state index in [1.54, 1.807) is 0 Å². The van der Waals surface area contributed by atoms with E-state index in [0.29, 0.717) is 43.9 Å². The van der Waals surface area contributed by atoms with E-state index >= 15 is 0 Å². The topological polar surface area (TPSA) is 97.1 Å². The molecule has 0 radical (unpaired) electrons. The van der Waals surface area contributed by atoms with Gasteiger partial charge in [0, 0.05) is 30.6 Å². The third kappa shape index (κ3) is 4.51. The Morgan fingerprint density at radius 1 is 1.10 bits per heavy atom. The fraction of sp³-hybridized carbons (Fsp3) is 0.273. The summed E-state index contributed by atoms with van der Waals surface area (Å²) in [6.07, 6.45) is 2.19. The second-order valence-electron chi connectivity index (χ2n) is 7.00. The number of fused-ring (bicyclic) bond motifs is 1. The maximum atomic E-state index is 12.1. The van der Waals surface area contributed by atoms with Gasteiger partial charge in [0.25, 0.3) is 5.89 Å². The molecule has 2 amide bonds. The van der Waals surface area contributed by atoms with Crippen molar-refractivity contribution in [3.05, 3.63) is 66.0 Å². The van der Waals surface area contributed by atoms with Gasteiger partial charge < -0.3 is 15.2 Å². The number of aromatic nitrogens is 2. The first-order valence-electron chi connectivity index (χ1n) is 9.75. The first-order valence-corrected chi connectivity index (χ1v) is 9.75. The highest BCUT2D eigenvalue weighted by molar-refractivity contribution is 6.02. The van der Waals surface area contributed by atoms with Crippen molar-refractivity contribution >= 4 is 17.5 Å². The Balaban J connectivity index is 1.19. The van der Waals surface area contributed by atoms with E-state index in [0.717, 1.165) is 16.8 Å². The molecule has 1 atom stereocenters. The molecule has 3 aromatic rings. The van der Waals surface area contributed by atoms with Gasteiger partial charge in [-0.2, -0.15) is 4.98 Å². The van der Waals surface area contributed by atoms with Gasteiger partial charge in [-0.25, -0.2) is 0 Å². The van der Waals surface area contributed by atoms with E-state index in [2.05, 4.69) is 20.8 Å². The van der Waals surface area contributed by atoms with Crippen molar-refractivity contribution < 1.29 is 14.1 Å². The number of anilines is 1. The van der Waals surface area contributed by atoms with Crippen LogP contribution in [0.5, 0.6) is 0 Å². The van der Waals surface area contributed by atoms with Crippen LogP contribution in [-0.2, 0) is 16.0 Å². The van der Waals surface area contributed by atoms with Gasteiger partial charge in [-0.05, 0) is 36.6 Å². The number of nitrogens with zero attached hydrogens (tertiary/aromatic N) is 2. The van der Waals surface area contributed by atoms with Gasteiger partial charge in [0.2, 0.25) is 11.8 Å². The normalized spacial score (nSPS) is 15.0. The van der Waals surface area contributed by atoms with E-state index < -0.39 is 0 Å². The fourth-order valence-electron chi connectivity index (χ4n) is 3.48. The lowest BCUT2D eigenvalue weighted by molar-refractivity contribution is -0.121. The van der Waals surface area contributed by atoms with Gasteiger partial charge in [0.15, 0.2) is 5.82 Å². The molecule has 2 heterocycles. The highest BCUT2D eigenvalue weighted by atomic mass is 16.5. The maximum Gasteiger partial charge on any atom is 0.257 e. The number of amides is 2. The molecule has 0 spiro atoms. The first-order chi connectivity index (χ1) is 14.2. The Hall–Kier alpha value is -3.48. The zero-order valence-corrected chi connectivity index (χ0v) is 15.9. The molecule has 4 rings (SSSR count). The van der Waals surface area contributed by atoms with Gasteiger partial charge in [-0.1, -0.05) is 41.6 Å². The average Bonchev–Trinajstić information content (AvgIpc) is 3.33. The molecule has 29 heavy (non-hydrogen) atoms. The zero-order valence-electron chi connectivity index (χ0n) is 15.9. The van der Waals surface area contributed by atoms with E-state index in [1.165, 1.54) is 0 Å². The molecule has 148 valence electrons. The standard InChI is InChI=1S/C22H22N4O3/c27-20(12-6-10-17-16-9-4-5-11-18(16)24-21(17)28)23-14-13-19-25-22(29-26-19)15-7-2-1-3-8-15/h1-5,7-9,11,17H,6,10,12-14H2,(H,23,27)(H,24,28). The molecule has 0 bridgehead atoms. The van der Waals surface area contributed by atoms with Crippen LogP contribution in [0.2, 0.25) is 0 Å². The summed E-state index contributed by atoms with van der Waals surface area (Å²) in [5.74, 6) is 0.835. The van der Waals surface area contributed by atoms with Crippen LogP contribution < -0.4 is 10.6 Å². The van der Waals surface area contributed by atoms with Crippen LogP contribution in [0.1, 0.15) is 36.6 Å². The molecule has 0 saturated carbocycles. The highest BCUT2D eigenvalue weighted by Crippen LogP contribution is 2.35. The van der Waals surface area contributed by atoms with Crippen molar-refractivity contribution in [3.8, 4) is 11.5 Å². The number of carbonyl (C=O) groups excluding carboxylic acids is 2. The lowest BCUT2D eigenvalue weighted by atomic mass is 9.95. The van der Waals surface area contributed by atoms with Crippen molar-refractivity contribution in [2.75, 3.05) is 11.9 Å². The first kappa shape index (κ1) is 18.9. The van der Waals surface area contributed by atoms with Crippen molar-refractivity contribution in [1.82, 2.24) is 15.5 Å². The summed E-state index contributed by atoms with van der Waals surface area (Å²) >= 11 is 0. The Kier molecular flexibility index (Phi) is 5.65. The summed E-state index contributed by atoms with van der Waals surface area (Å²) in [5, 5.41) is 9.72. The SMILES string of the molecule is O=C(CCCC1C(=O)Nc2ccccc21)NCCc1noc(-c2ccccc2)n1. The summed E-state index contributed by atoms with van der Waals surface area (Å²) < 4.78 is 5.26. The van der Waals surface area contributed by atoms with Gasteiger partial charge >= 0.3 is 0 Å². The number of hydrogen-bond acceptors (Lipinski definition) is 5. The Labute approximate surface area is 168 Å². The Morgan fingerprint density at radius 2 is 1.90 bits per heavy atom. The largest absolute Gasteiger partial charge is 0.356 e. The quantitative estimate of drug-likeness (QED) is 0.615. The van der Waals surface area contributed by atoms with Gasteiger partial charge in [0.1, 0.15) is 0 Å². The predicted molar refractivity (Wildman–Crippen MR) is 108 cm³/mol. The molecule has 2 N–H and O–H groups in total. The number of hydrogen-bond donors (Lipinski definition) is 2. The van der Waals surface area contributed by atoms with Crippen molar-refractivity contribution in [2.24, 2.45) is 0 Å². The number of para-hydroxylation sites is 1. The molecule has 0 aliphatic carbocycles. The lowest BCUT2D eigenvalue weighted by Gasteiger charge is -2.08. The molecule has 2 aromatic carbocycles. The lowest BCUT2D eigenvalue weighted by Crippen LogP contribution is -2.25. The molecule has 0 saturated heterocycles. The van der Waals surface area contributed by atoms with Crippen LogP contribution in [0, 0.1) is 0 Å². The number of carbonyl (C=O) groups is 2. The summed E-state index contributed by atoms with van der Waals surface area (Å²) in [5.41, 5.74) is 2.76. The highest BCUT2D eigenvalue weighted by Gasteiger charge is 2.29. The minimum Gasteiger partial charge on any atom is -0.356 e. The van der Waals surface area contributed by atoms with E-state index in [4.69, 9.17) is 4.52 Å². The Morgan fingerprint density at radius 3 is 2.76 bits per heavy atom. The third-order valence-electron chi connectivity index (χ3n) is 4.97. The molecule has 7 heteroatoms. The summed E-state index contributed by atoms with van der Waals surface area (Å²) in [6.45, 7) is 0.444. The van der Waals surface area contributed by atoms with Crippen LogP contribution in [-0.4, -0.2) is 28.5 Å². The molecule has 0 fully saturated rings. The van der Waals surface area contributed by atoms with Gasteiger partial charge in [-0.15, -0.1) is 0 Å². The number of rotatable bonds is 8. The van der Waals surface area contributed by atoms with Crippen LogP contribution in [0.25, 0.3) is 11.5 Å². The minimum atomic E-state index is -0.172. The summed E-state index contributed by atoms with van der Waals surface area (Å²) in [7, 11) is 0. The maximum absolute atomic E-state index is 12.1. The number of nitrogens with one attached hydrogen (secondary N) is 2. The molecular weight excluding hydrogens is 368 g/mol. The fourth-order valence-corrected chi connectivity index (χ4v) is 3.48. The van der Waals surface area contributed by atoms with E-state index in [1.807, 2.05) is 54.6 Å². The molecule has 7 nitrogen and oxygen atoms in total. The Bertz CT molecular complexity index is 1000. The predicted octanol–water partition coefficient (Wildman–Crippen LogP) is 3.30. The molecule has 1 aliphatic rings. The van der Waals surface area contributed by atoms with Crippen LogP contribution in [0.4, 0.5) is 5.69 Å². The van der Waals surface area contributed by atoms with E-state index in [-0.39, 0.29) is 17.7 Å². The average molecular weight is 390 g/mol. The number of benzene rings is 2. The smallest absolute Gasteiger partial charge is 0.257 e. The molecular formula is C22H22N4O3. The minimum absolute atomic E-state index is 0.0120. The van der Waals surface area contributed by atoms with Crippen molar-refractivity contribution in [2.45, 2.75) is 31.6 Å². The summed E-state index contributed by atoms with van der Waals surface area (Å²) in [4.78, 5) is 28.5. The van der Waals surface area contributed by atoms with Crippen LogP contribution >= 0.6 is 0 Å². The second kappa shape index (κ2) is 8.68. The van der Waals surface area contributed by atoms with Crippen LogP contribution in [0.15, 0.2) is 59.1 Å². The second-order valence-corrected chi connectivity index (χ2v) is 7.00. The van der Waals surface area contributed by atoms with Gasteiger partial charge in [-0.3, -0.25) is 9.59 Å². The van der Waals surface area contributed by atoms with E-state index in [9.17, 15) is 9.59 Å².